The second-order valence-corrected chi connectivity index (χ2v) is 7.31. The number of aromatic nitrogens is 4. The number of hydrogen-bond acceptors (Lipinski definition) is 5. The van der Waals surface area contributed by atoms with Crippen molar-refractivity contribution in [1.82, 2.24) is 30.2 Å². The van der Waals surface area contributed by atoms with E-state index in [0.717, 1.165) is 25.1 Å². The molecule has 0 aliphatic rings. The Morgan fingerprint density at radius 1 is 1.14 bits per heavy atom. The molecule has 0 spiro atoms. The number of nitrogens with one attached hydrogen (secondary N) is 1. The second kappa shape index (κ2) is 10.5. The molecule has 0 unspecified atom stereocenters. The molecule has 0 bridgehead atoms. The number of carbonyl (C=O) groups excluding carboxylic acids is 1. The van der Waals surface area contributed by atoms with Crippen molar-refractivity contribution >= 4 is 5.91 Å². The third kappa shape index (κ3) is 6.50. The number of likely N-dealkylation sites (N-methyl/N-ethyl adjacent to an activating group) is 1. The van der Waals surface area contributed by atoms with Crippen LogP contribution in [-0.4, -0.2) is 50.9 Å². The second-order valence-electron chi connectivity index (χ2n) is 7.31. The van der Waals surface area contributed by atoms with Crippen LogP contribution in [0.5, 0.6) is 0 Å². The molecule has 0 aliphatic heterocycles. The fraction of sp³-hybridized carbons (Fsp3) is 0.364. The summed E-state index contributed by atoms with van der Waals surface area (Å²) in [6.45, 7) is 5.25. The van der Waals surface area contributed by atoms with E-state index in [1.807, 2.05) is 18.2 Å². The Bertz CT molecular complexity index is 881. The number of amides is 1. The van der Waals surface area contributed by atoms with E-state index >= 15 is 0 Å². The van der Waals surface area contributed by atoms with E-state index in [1.54, 1.807) is 23.3 Å². The number of carbonyl (C=O) groups is 1. The van der Waals surface area contributed by atoms with Gasteiger partial charge in [-0.1, -0.05) is 42.5 Å². The van der Waals surface area contributed by atoms with Gasteiger partial charge >= 0.3 is 0 Å². The summed E-state index contributed by atoms with van der Waals surface area (Å²) in [5, 5.41) is 10.9. The van der Waals surface area contributed by atoms with Gasteiger partial charge in [0.2, 0.25) is 0 Å². The van der Waals surface area contributed by atoms with Gasteiger partial charge in [0.25, 0.3) is 5.91 Å². The van der Waals surface area contributed by atoms with E-state index in [9.17, 15) is 4.79 Å². The van der Waals surface area contributed by atoms with Crippen molar-refractivity contribution in [2.45, 2.75) is 32.4 Å². The normalized spacial score (nSPS) is 12.1. The lowest BCUT2D eigenvalue weighted by Crippen LogP contribution is -2.25. The first-order chi connectivity index (χ1) is 14.1. The average Bonchev–Trinajstić information content (AvgIpc) is 3.25. The van der Waals surface area contributed by atoms with E-state index in [4.69, 9.17) is 0 Å². The molecule has 2 heterocycles. The van der Waals surface area contributed by atoms with Crippen LogP contribution in [0.2, 0.25) is 0 Å². The van der Waals surface area contributed by atoms with Crippen molar-refractivity contribution in [1.29, 1.82) is 0 Å². The van der Waals surface area contributed by atoms with Gasteiger partial charge in [-0.15, -0.1) is 5.10 Å². The minimum Gasteiger partial charge on any atom is -0.347 e. The van der Waals surface area contributed by atoms with Gasteiger partial charge < -0.3 is 10.2 Å². The van der Waals surface area contributed by atoms with Crippen LogP contribution in [-0.2, 0) is 13.1 Å². The van der Waals surface area contributed by atoms with Crippen molar-refractivity contribution in [2.24, 2.45) is 0 Å². The third-order valence-electron chi connectivity index (χ3n) is 5.00. The predicted octanol–water partition coefficient (Wildman–Crippen LogP) is 2.73. The molecule has 7 nitrogen and oxygen atoms in total. The maximum atomic E-state index is 12.2. The first kappa shape index (κ1) is 20.7. The lowest BCUT2D eigenvalue weighted by molar-refractivity contribution is 0.0946. The Balaban J connectivity index is 1.39. The Hall–Kier alpha value is -3.06. The molecule has 2 aromatic heterocycles. The Kier molecular flexibility index (Phi) is 7.47. The Labute approximate surface area is 171 Å². The van der Waals surface area contributed by atoms with Crippen molar-refractivity contribution in [3.63, 3.8) is 0 Å². The SMILES string of the molecule is C[C@@H](CCN(C)CCn1cc(C(=O)NCc2ccncc2)nn1)c1ccccc1. The van der Waals surface area contributed by atoms with Gasteiger partial charge in [0, 0.05) is 25.5 Å². The zero-order valence-corrected chi connectivity index (χ0v) is 17.0. The number of rotatable bonds is 10. The molecule has 0 saturated heterocycles. The molecule has 3 rings (SSSR count). The molecule has 1 aromatic carbocycles. The molecule has 1 N–H and O–H groups in total. The van der Waals surface area contributed by atoms with Gasteiger partial charge in [-0.2, -0.15) is 0 Å². The summed E-state index contributed by atoms with van der Waals surface area (Å²) in [6.07, 6.45) is 6.20. The minimum atomic E-state index is -0.224. The van der Waals surface area contributed by atoms with Crippen LogP contribution < -0.4 is 5.32 Å². The number of benzene rings is 1. The largest absolute Gasteiger partial charge is 0.347 e. The molecule has 1 amide bonds. The van der Waals surface area contributed by atoms with Gasteiger partial charge in [-0.3, -0.25) is 14.5 Å². The zero-order valence-electron chi connectivity index (χ0n) is 17.0. The minimum absolute atomic E-state index is 0.224. The molecular weight excluding hydrogens is 364 g/mol. The average molecular weight is 393 g/mol. The summed E-state index contributed by atoms with van der Waals surface area (Å²) in [4.78, 5) is 18.5. The Morgan fingerprint density at radius 3 is 2.66 bits per heavy atom. The quantitative estimate of drug-likeness (QED) is 0.574. The van der Waals surface area contributed by atoms with Crippen LogP contribution in [0.25, 0.3) is 0 Å². The van der Waals surface area contributed by atoms with Crippen LogP contribution in [0.1, 0.15) is 40.9 Å². The van der Waals surface area contributed by atoms with Crippen LogP contribution >= 0.6 is 0 Å². The van der Waals surface area contributed by atoms with Crippen molar-refractivity contribution in [2.75, 3.05) is 20.1 Å². The van der Waals surface area contributed by atoms with Crippen molar-refractivity contribution in [3.05, 3.63) is 77.9 Å². The maximum absolute atomic E-state index is 12.2. The number of hydrogen-bond donors (Lipinski definition) is 1. The lowest BCUT2D eigenvalue weighted by atomic mass is 9.98. The first-order valence-corrected chi connectivity index (χ1v) is 9.92. The maximum Gasteiger partial charge on any atom is 0.273 e. The van der Waals surface area contributed by atoms with Crippen molar-refractivity contribution in [3.8, 4) is 0 Å². The van der Waals surface area contributed by atoms with Gasteiger partial charge in [0.1, 0.15) is 0 Å². The highest BCUT2D eigenvalue weighted by Crippen LogP contribution is 2.18. The molecule has 29 heavy (non-hydrogen) atoms. The molecule has 152 valence electrons. The Morgan fingerprint density at radius 2 is 1.90 bits per heavy atom. The summed E-state index contributed by atoms with van der Waals surface area (Å²) >= 11 is 0. The van der Waals surface area contributed by atoms with Gasteiger partial charge in [0.15, 0.2) is 5.69 Å². The van der Waals surface area contributed by atoms with Crippen LogP contribution in [0.4, 0.5) is 0 Å². The summed E-state index contributed by atoms with van der Waals surface area (Å²) < 4.78 is 1.72. The van der Waals surface area contributed by atoms with Gasteiger partial charge in [0.05, 0.1) is 12.7 Å². The molecular formula is C22H28N6O. The highest BCUT2D eigenvalue weighted by molar-refractivity contribution is 5.91. The smallest absolute Gasteiger partial charge is 0.273 e. The fourth-order valence-corrected chi connectivity index (χ4v) is 3.03. The first-order valence-electron chi connectivity index (χ1n) is 9.92. The van der Waals surface area contributed by atoms with Crippen LogP contribution in [0.15, 0.2) is 61.1 Å². The molecule has 1 atom stereocenters. The topological polar surface area (TPSA) is 75.9 Å². The predicted molar refractivity (Wildman–Crippen MR) is 112 cm³/mol. The van der Waals surface area contributed by atoms with Crippen molar-refractivity contribution < 1.29 is 4.79 Å². The van der Waals surface area contributed by atoms with Gasteiger partial charge in [-0.25, -0.2) is 0 Å². The molecule has 7 heteroatoms. The summed E-state index contributed by atoms with van der Waals surface area (Å²) in [5.74, 6) is 0.304. The molecule has 3 aromatic rings. The standard InChI is InChI=1S/C22H28N6O/c1-18(20-6-4-3-5-7-20)10-13-27(2)14-15-28-17-21(25-26-28)22(29)24-16-19-8-11-23-12-9-19/h3-9,11-12,17-18H,10,13-16H2,1-2H3,(H,24,29)/t18-/m0/s1. The third-order valence-corrected chi connectivity index (χ3v) is 5.00. The van der Waals surface area contributed by atoms with E-state index in [1.165, 1.54) is 5.56 Å². The summed E-state index contributed by atoms with van der Waals surface area (Å²) in [6, 6.07) is 14.3. The van der Waals surface area contributed by atoms with Crippen LogP contribution in [0, 0.1) is 0 Å². The summed E-state index contributed by atoms with van der Waals surface area (Å²) in [7, 11) is 2.11. The highest BCUT2D eigenvalue weighted by atomic mass is 16.2. The van der Waals surface area contributed by atoms with Crippen LogP contribution in [0.3, 0.4) is 0 Å². The highest BCUT2D eigenvalue weighted by Gasteiger charge is 2.11. The molecule has 0 fully saturated rings. The summed E-state index contributed by atoms with van der Waals surface area (Å²) in [5.41, 5.74) is 2.70. The number of nitrogens with zero attached hydrogens (tertiary/aromatic N) is 5. The lowest BCUT2D eigenvalue weighted by Gasteiger charge is -2.19. The van der Waals surface area contributed by atoms with E-state index in [0.29, 0.717) is 24.7 Å². The number of pyridine rings is 1. The van der Waals surface area contributed by atoms with E-state index < -0.39 is 0 Å². The molecule has 0 aliphatic carbocycles. The zero-order chi connectivity index (χ0) is 20.5. The van der Waals surface area contributed by atoms with E-state index in [-0.39, 0.29) is 5.91 Å². The fourth-order valence-electron chi connectivity index (χ4n) is 3.03. The monoisotopic (exact) mass is 392 g/mol. The van der Waals surface area contributed by atoms with E-state index in [2.05, 4.69) is 63.7 Å². The molecule has 0 radical (unpaired) electrons. The van der Waals surface area contributed by atoms with Gasteiger partial charge in [-0.05, 0) is 49.2 Å². The molecule has 0 saturated carbocycles.